The van der Waals surface area contributed by atoms with Crippen LogP contribution in [0.4, 0.5) is 5.00 Å². The molecule has 1 aromatic rings. The summed E-state index contributed by atoms with van der Waals surface area (Å²) in [5.41, 5.74) is 1.24. The standard InChI is InChI=1S/C19H23NO5S/c1-4-12-9(2)26-17(15(12)19(24)25-3)20-16(21)13-10-5-7-11(8-6-10)14(13)18(22)23/h5,7,10-11,13-14H,4,6,8H2,1-3H3,(H,20,21)(H,22,23)/t10-,11+,13-,14+/m1/s1. The van der Waals surface area contributed by atoms with E-state index in [9.17, 15) is 19.5 Å². The van der Waals surface area contributed by atoms with Gasteiger partial charge in [-0.1, -0.05) is 19.1 Å². The minimum Gasteiger partial charge on any atom is -0.481 e. The van der Waals surface area contributed by atoms with Gasteiger partial charge in [0.2, 0.25) is 5.91 Å². The van der Waals surface area contributed by atoms with Gasteiger partial charge in [-0.25, -0.2) is 4.79 Å². The molecule has 3 aliphatic rings. The van der Waals surface area contributed by atoms with Gasteiger partial charge >= 0.3 is 11.9 Å². The lowest BCUT2D eigenvalue weighted by atomic mass is 9.62. The molecule has 2 N–H and O–H groups in total. The molecule has 26 heavy (non-hydrogen) atoms. The smallest absolute Gasteiger partial charge is 0.341 e. The van der Waals surface area contributed by atoms with Gasteiger partial charge in [-0.3, -0.25) is 9.59 Å². The first kappa shape index (κ1) is 18.6. The molecular weight excluding hydrogens is 354 g/mol. The fraction of sp³-hybridized carbons (Fsp3) is 0.526. The molecule has 1 aromatic heterocycles. The second kappa shape index (κ2) is 7.23. The number of fused-ring (bicyclic) bond motifs is 2. The molecule has 1 fully saturated rings. The second-order valence-corrected chi connectivity index (χ2v) is 8.08. The van der Waals surface area contributed by atoms with E-state index in [1.165, 1.54) is 18.4 Å². The van der Waals surface area contributed by atoms with Crippen LogP contribution in [0.5, 0.6) is 0 Å². The number of carbonyl (C=O) groups is 3. The zero-order valence-electron chi connectivity index (χ0n) is 15.1. The van der Waals surface area contributed by atoms with Gasteiger partial charge in [0, 0.05) is 4.88 Å². The third kappa shape index (κ3) is 3.05. The Balaban J connectivity index is 1.92. The van der Waals surface area contributed by atoms with Gasteiger partial charge in [0.25, 0.3) is 0 Å². The summed E-state index contributed by atoms with van der Waals surface area (Å²) < 4.78 is 4.88. The SMILES string of the molecule is CCc1c(C)sc(NC(=O)[C@H]2[C@@H](C(=O)O)[C@H]3C=C[C@@H]2CC3)c1C(=O)OC. The normalized spacial score (nSPS) is 26.6. The van der Waals surface area contributed by atoms with Gasteiger partial charge in [0.1, 0.15) is 5.00 Å². The van der Waals surface area contributed by atoms with Crippen molar-refractivity contribution in [3.05, 3.63) is 28.2 Å². The van der Waals surface area contributed by atoms with Gasteiger partial charge < -0.3 is 15.2 Å². The third-order valence-electron chi connectivity index (χ3n) is 5.52. The number of aliphatic carboxylic acids is 1. The molecule has 2 bridgehead atoms. The summed E-state index contributed by atoms with van der Waals surface area (Å²) in [5.74, 6) is -3.26. The molecule has 0 radical (unpaired) electrons. The molecule has 3 aliphatic carbocycles. The number of ether oxygens (including phenoxy) is 1. The van der Waals surface area contributed by atoms with E-state index in [0.29, 0.717) is 17.0 Å². The summed E-state index contributed by atoms with van der Waals surface area (Å²) in [6, 6.07) is 0. The molecule has 0 aliphatic heterocycles. The largest absolute Gasteiger partial charge is 0.481 e. The zero-order chi connectivity index (χ0) is 19.0. The molecule has 6 nitrogen and oxygen atoms in total. The summed E-state index contributed by atoms with van der Waals surface area (Å²) in [6.07, 6.45) is 6.17. The van der Waals surface area contributed by atoms with Crippen LogP contribution in [0.25, 0.3) is 0 Å². The van der Waals surface area contributed by atoms with Crippen molar-refractivity contribution < 1.29 is 24.2 Å². The average molecular weight is 377 g/mol. The maximum absolute atomic E-state index is 13.0. The Hall–Kier alpha value is -2.15. The predicted octanol–water partition coefficient (Wildman–Crippen LogP) is 3.26. The number of aryl methyl sites for hydroxylation is 1. The maximum Gasteiger partial charge on any atom is 0.341 e. The first-order valence-corrected chi connectivity index (χ1v) is 9.63. The molecule has 4 rings (SSSR count). The number of amides is 1. The Morgan fingerprint density at radius 3 is 2.35 bits per heavy atom. The van der Waals surface area contributed by atoms with E-state index in [1.54, 1.807) is 0 Å². The van der Waals surface area contributed by atoms with E-state index >= 15 is 0 Å². The van der Waals surface area contributed by atoms with Crippen LogP contribution in [-0.4, -0.2) is 30.1 Å². The van der Waals surface area contributed by atoms with Crippen LogP contribution >= 0.6 is 11.3 Å². The molecular formula is C19H23NO5S. The molecule has 0 saturated heterocycles. The molecule has 0 unspecified atom stereocenters. The van der Waals surface area contributed by atoms with Crippen molar-refractivity contribution >= 4 is 34.2 Å². The summed E-state index contributed by atoms with van der Waals surface area (Å²) in [5, 5.41) is 12.9. The average Bonchev–Trinajstić information content (AvgIpc) is 2.95. The first-order chi connectivity index (χ1) is 12.4. The molecule has 140 valence electrons. The molecule has 0 spiro atoms. The van der Waals surface area contributed by atoms with Crippen molar-refractivity contribution in [2.45, 2.75) is 33.1 Å². The van der Waals surface area contributed by atoms with Crippen molar-refractivity contribution in [1.82, 2.24) is 0 Å². The van der Waals surface area contributed by atoms with Crippen molar-refractivity contribution in [2.75, 3.05) is 12.4 Å². The van der Waals surface area contributed by atoms with Crippen molar-refractivity contribution in [1.29, 1.82) is 0 Å². The fourth-order valence-electron chi connectivity index (χ4n) is 4.29. The van der Waals surface area contributed by atoms with E-state index in [1.807, 2.05) is 26.0 Å². The van der Waals surface area contributed by atoms with Crippen LogP contribution < -0.4 is 5.32 Å². The zero-order valence-corrected chi connectivity index (χ0v) is 15.9. The van der Waals surface area contributed by atoms with Crippen LogP contribution in [0.3, 0.4) is 0 Å². The number of allylic oxidation sites excluding steroid dienone is 2. The summed E-state index contributed by atoms with van der Waals surface area (Å²) in [7, 11) is 1.31. The Morgan fingerprint density at radius 2 is 1.85 bits per heavy atom. The van der Waals surface area contributed by atoms with Gasteiger partial charge in [-0.05, 0) is 43.6 Å². The van der Waals surface area contributed by atoms with Gasteiger partial charge in [0.05, 0.1) is 24.5 Å². The number of nitrogens with one attached hydrogen (secondary N) is 1. The van der Waals surface area contributed by atoms with E-state index < -0.39 is 23.8 Å². The number of anilines is 1. The second-order valence-electron chi connectivity index (χ2n) is 6.86. The third-order valence-corrected chi connectivity index (χ3v) is 6.59. The minimum absolute atomic E-state index is 0.0746. The van der Waals surface area contributed by atoms with Crippen LogP contribution in [0.2, 0.25) is 0 Å². The number of thiophene rings is 1. The highest BCUT2D eigenvalue weighted by Gasteiger charge is 2.48. The van der Waals surface area contributed by atoms with Crippen LogP contribution in [-0.2, 0) is 20.7 Å². The lowest BCUT2D eigenvalue weighted by Crippen LogP contribution is -2.47. The Bertz CT molecular complexity index is 781. The molecule has 1 saturated carbocycles. The molecule has 1 amide bonds. The topological polar surface area (TPSA) is 92.7 Å². The van der Waals surface area contributed by atoms with E-state index in [4.69, 9.17) is 4.74 Å². The van der Waals surface area contributed by atoms with Crippen molar-refractivity contribution in [3.63, 3.8) is 0 Å². The lowest BCUT2D eigenvalue weighted by Gasteiger charge is -2.41. The minimum atomic E-state index is -0.936. The molecule has 7 heteroatoms. The summed E-state index contributed by atoms with van der Waals surface area (Å²) in [4.78, 5) is 37.9. The van der Waals surface area contributed by atoms with Crippen LogP contribution in [0.15, 0.2) is 12.2 Å². The maximum atomic E-state index is 13.0. The number of carbonyl (C=O) groups excluding carboxylic acids is 2. The Kier molecular flexibility index (Phi) is 5.18. The number of carboxylic acids is 1. The Labute approximate surface area is 156 Å². The quantitative estimate of drug-likeness (QED) is 0.607. The van der Waals surface area contributed by atoms with Crippen LogP contribution in [0.1, 0.15) is 40.6 Å². The fourth-order valence-corrected chi connectivity index (χ4v) is 5.43. The van der Waals surface area contributed by atoms with Gasteiger partial charge in [-0.2, -0.15) is 0 Å². The summed E-state index contributed by atoms with van der Waals surface area (Å²) >= 11 is 1.33. The predicted molar refractivity (Wildman–Crippen MR) is 98.4 cm³/mol. The van der Waals surface area contributed by atoms with Crippen molar-refractivity contribution in [2.24, 2.45) is 23.7 Å². The highest BCUT2D eigenvalue weighted by atomic mass is 32.1. The van der Waals surface area contributed by atoms with E-state index in [2.05, 4.69) is 5.32 Å². The highest BCUT2D eigenvalue weighted by molar-refractivity contribution is 7.16. The van der Waals surface area contributed by atoms with Gasteiger partial charge in [0.15, 0.2) is 0 Å². The number of carboxylic acid groups (broad SMARTS) is 1. The van der Waals surface area contributed by atoms with Crippen molar-refractivity contribution in [3.8, 4) is 0 Å². The number of methoxy groups -OCH3 is 1. The Morgan fingerprint density at radius 1 is 1.23 bits per heavy atom. The molecule has 0 aromatic carbocycles. The number of hydrogen-bond acceptors (Lipinski definition) is 5. The van der Waals surface area contributed by atoms with Crippen LogP contribution in [0, 0.1) is 30.6 Å². The number of esters is 1. The van der Waals surface area contributed by atoms with E-state index in [0.717, 1.165) is 23.3 Å². The molecule has 4 atom stereocenters. The number of hydrogen-bond donors (Lipinski definition) is 2. The monoisotopic (exact) mass is 377 g/mol. The molecule has 1 heterocycles. The van der Waals surface area contributed by atoms with E-state index in [-0.39, 0.29) is 17.7 Å². The van der Waals surface area contributed by atoms with Gasteiger partial charge in [-0.15, -0.1) is 11.3 Å². The summed E-state index contributed by atoms with van der Waals surface area (Å²) in [6.45, 7) is 3.84. The first-order valence-electron chi connectivity index (χ1n) is 8.81. The lowest BCUT2D eigenvalue weighted by molar-refractivity contribution is -0.151. The highest BCUT2D eigenvalue weighted by Crippen LogP contribution is 2.46. The number of rotatable bonds is 5.